The van der Waals surface area contributed by atoms with Gasteiger partial charge in [0.1, 0.15) is 16.2 Å². The predicted octanol–water partition coefficient (Wildman–Crippen LogP) is 2.80. The lowest BCUT2D eigenvalue weighted by Crippen LogP contribution is -2.46. The third-order valence-corrected chi connectivity index (χ3v) is 3.88. The average molecular weight is 255 g/mol. The maximum Gasteiger partial charge on any atom is 0.184 e. The summed E-state index contributed by atoms with van der Waals surface area (Å²) in [5.41, 5.74) is 0.180. The van der Waals surface area contributed by atoms with Crippen LogP contribution in [-0.2, 0) is 0 Å². The van der Waals surface area contributed by atoms with Gasteiger partial charge < -0.3 is 4.74 Å². The van der Waals surface area contributed by atoms with Gasteiger partial charge in [0.15, 0.2) is 5.78 Å². The third-order valence-electron chi connectivity index (χ3n) is 2.37. The molecule has 0 saturated heterocycles. The number of ketones is 1. The lowest BCUT2D eigenvalue weighted by Gasteiger charge is -2.35. The summed E-state index contributed by atoms with van der Waals surface area (Å²) in [6, 6.07) is 7.34. The van der Waals surface area contributed by atoms with Crippen molar-refractivity contribution >= 4 is 21.7 Å². The molecule has 1 heterocycles. The number of fused-ring (bicyclic) bond motifs is 1. The molecule has 1 aliphatic heterocycles. The van der Waals surface area contributed by atoms with Crippen LogP contribution in [0, 0.1) is 0 Å². The quantitative estimate of drug-likeness (QED) is 0.666. The van der Waals surface area contributed by atoms with E-state index >= 15 is 0 Å². The van der Waals surface area contributed by atoms with Gasteiger partial charge in [-0.05, 0) is 26.0 Å². The minimum Gasteiger partial charge on any atom is -0.485 e. The zero-order valence-electron chi connectivity index (χ0n) is 8.08. The molecule has 1 unspecified atom stereocenters. The van der Waals surface area contributed by atoms with Gasteiger partial charge in [0.2, 0.25) is 0 Å². The van der Waals surface area contributed by atoms with Crippen molar-refractivity contribution in [2.24, 2.45) is 0 Å². The second kappa shape index (κ2) is 3.09. The summed E-state index contributed by atoms with van der Waals surface area (Å²) in [4.78, 5) is 11.6. The molecule has 0 amide bonds. The smallest absolute Gasteiger partial charge is 0.184 e. The number of benzene rings is 1. The van der Waals surface area contributed by atoms with Crippen molar-refractivity contribution in [3.05, 3.63) is 29.8 Å². The van der Waals surface area contributed by atoms with E-state index in [1.54, 1.807) is 6.07 Å². The summed E-state index contributed by atoms with van der Waals surface area (Å²) < 4.78 is 5.73. The molecule has 0 bridgehead atoms. The number of Topliss-reactive ketones (excluding diaryl/α,β-unsaturated/α-hetero) is 1. The highest BCUT2D eigenvalue weighted by atomic mass is 79.9. The van der Waals surface area contributed by atoms with Crippen LogP contribution < -0.4 is 4.74 Å². The Balaban J connectivity index is 2.54. The molecule has 14 heavy (non-hydrogen) atoms. The van der Waals surface area contributed by atoms with E-state index in [1.807, 2.05) is 32.0 Å². The Labute approximate surface area is 91.4 Å². The molecular weight excluding hydrogens is 244 g/mol. The van der Waals surface area contributed by atoms with Gasteiger partial charge in [-0.2, -0.15) is 0 Å². The molecule has 2 rings (SSSR count). The Morgan fingerprint density at radius 2 is 2.00 bits per heavy atom. The molecule has 3 heteroatoms. The largest absolute Gasteiger partial charge is 0.485 e. The number of halogens is 1. The van der Waals surface area contributed by atoms with Gasteiger partial charge in [0.05, 0.1) is 5.56 Å². The van der Waals surface area contributed by atoms with Crippen molar-refractivity contribution in [2.45, 2.75) is 24.3 Å². The SMILES string of the molecule is CC1(C)Oc2ccccc2C(=O)C1Br. The summed E-state index contributed by atoms with van der Waals surface area (Å²) in [5, 5.41) is 0. The second-order valence-corrected chi connectivity index (χ2v) is 4.84. The van der Waals surface area contributed by atoms with E-state index in [-0.39, 0.29) is 10.6 Å². The first-order valence-corrected chi connectivity index (χ1v) is 5.40. The molecule has 0 fully saturated rings. The van der Waals surface area contributed by atoms with Crippen LogP contribution in [0.1, 0.15) is 24.2 Å². The van der Waals surface area contributed by atoms with E-state index in [0.717, 1.165) is 0 Å². The maximum absolute atomic E-state index is 11.9. The summed E-state index contributed by atoms with van der Waals surface area (Å²) in [6.45, 7) is 3.81. The Morgan fingerprint density at radius 1 is 1.36 bits per heavy atom. The standard InChI is InChI=1S/C11H11BrO2/c1-11(2)10(12)9(13)7-5-3-4-6-8(7)14-11/h3-6,10H,1-2H3. The minimum absolute atomic E-state index is 0.0943. The van der Waals surface area contributed by atoms with Gasteiger partial charge in [-0.15, -0.1) is 0 Å². The highest BCUT2D eigenvalue weighted by Crippen LogP contribution is 2.36. The predicted molar refractivity (Wildman–Crippen MR) is 58.2 cm³/mol. The Bertz CT molecular complexity index is 385. The second-order valence-electron chi connectivity index (χ2n) is 3.93. The molecule has 0 aliphatic carbocycles. The van der Waals surface area contributed by atoms with Crippen LogP contribution >= 0.6 is 15.9 Å². The maximum atomic E-state index is 11.9. The number of rotatable bonds is 0. The summed E-state index contributed by atoms with van der Waals surface area (Å²) in [7, 11) is 0. The van der Waals surface area contributed by atoms with E-state index in [4.69, 9.17) is 4.74 Å². The van der Waals surface area contributed by atoms with Crippen LogP contribution in [0.15, 0.2) is 24.3 Å². The zero-order valence-corrected chi connectivity index (χ0v) is 9.67. The third kappa shape index (κ3) is 1.36. The normalized spacial score (nSPS) is 23.9. The molecular formula is C11H11BrO2. The molecule has 1 atom stereocenters. The lowest BCUT2D eigenvalue weighted by atomic mass is 9.93. The van der Waals surface area contributed by atoms with Crippen LogP contribution in [0.25, 0.3) is 0 Å². The molecule has 0 N–H and O–H groups in total. The van der Waals surface area contributed by atoms with Gasteiger partial charge >= 0.3 is 0 Å². The number of hydrogen-bond donors (Lipinski definition) is 0. The number of ether oxygens (including phenoxy) is 1. The van der Waals surface area contributed by atoms with Gasteiger partial charge in [-0.25, -0.2) is 0 Å². The van der Waals surface area contributed by atoms with Crippen molar-refractivity contribution in [3.63, 3.8) is 0 Å². The van der Waals surface area contributed by atoms with Gasteiger partial charge in [0, 0.05) is 0 Å². The van der Waals surface area contributed by atoms with Crippen molar-refractivity contribution in [2.75, 3.05) is 0 Å². The number of alkyl halides is 1. The molecule has 1 aliphatic rings. The number of carbonyl (C=O) groups is 1. The summed E-state index contributed by atoms with van der Waals surface area (Å²) in [5.74, 6) is 0.773. The Kier molecular flexibility index (Phi) is 2.14. The fourth-order valence-corrected chi connectivity index (χ4v) is 1.89. The molecule has 0 aromatic heterocycles. The fraction of sp³-hybridized carbons (Fsp3) is 0.364. The molecule has 1 aromatic carbocycles. The Hall–Kier alpha value is -0.830. The van der Waals surface area contributed by atoms with Crippen molar-refractivity contribution in [1.82, 2.24) is 0 Å². The number of carbonyl (C=O) groups excluding carboxylic acids is 1. The van der Waals surface area contributed by atoms with E-state index in [1.165, 1.54) is 0 Å². The first-order chi connectivity index (χ1) is 6.52. The summed E-state index contributed by atoms with van der Waals surface area (Å²) >= 11 is 3.37. The van der Waals surface area contributed by atoms with Gasteiger partial charge in [-0.3, -0.25) is 4.79 Å². The minimum atomic E-state index is -0.481. The average Bonchev–Trinajstić information content (AvgIpc) is 2.14. The van der Waals surface area contributed by atoms with Crippen LogP contribution in [0.4, 0.5) is 0 Å². The first kappa shape index (κ1) is 9.71. The van der Waals surface area contributed by atoms with Gasteiger partial charge in [-0.1, -0.05) is 28.1 Å². The molecule has 74 valence electrons. The summed E-state index contributed by atoms with van der Waals surface area (Å²) in [6.07, 6.45) is 0. The van der Waals surface area contributed by atoms with E-state index < -0.39 is 5.60 Å². The highest BCUT2D eigenvalue weighted by Gasteiger charge is 2.41. The molecule has 0 spiro atoms. The topological polar surface area (TPSA) is 26.3 Å². The number of para-hydroxylation sites is 1. The number of hydrogen-bond acceptors (Lipinski definition) is 2. The van der Waals surface area contributed by atoms with Crippen LogP contribution in [-0.4, -0.2) is 16.2 Å². The molecule has 0 radical (unpaired) electrons. The van der Waals surface area contributed by atoms with E-state index in [2.05, 4.69) is 15.9 Å². The first-order valence-electron chi connectivity index (χ1n) is 4.49. The van der Waals surface area contributed by atoms with Crippen LogP contribution in [0.2, 0.25) is 0 Å². The highest BCUT2D eigenvalue weighted by molar-refractivity contribution is 9.10. The fourth-order valence-electron chi connectivity index (χ4n) is 1.55. The van der Waals surface area contributed by atoms with Gasteiger partial charge in [0.25, 0.3) is 0 Å². The lowest BCUT2D eigenvalue weighted by molar-refractivity contribution is 0.0668. The molecule has 0 saturated carbocycles. The Morgan fingerprint density at radius 3 is 2.71 bits per heavy atom. The monoisotopic (exact) mass is 254 g/mol. The zero-order chi connectivity index (χ0) is 10.3. The van der Waals surface area contributed by atoms with E-state index in [0.29, 0.717) is 11.3 Å². The van der Waals surface area contributed by atoms with E-state index in [9.17, 15) is 4.79 Å². The van der Waals surface area contributed by atoms with Crippen LogP contribution in [0.3, 0.4) is 0 Å². The van der Waals surface area contributed by atoms with Crippen molar-refractivity contribution in [3.8, 4) is 5.75 Å². The van der Waals surface area contributed by atoms with Crippen molar-refractivity contribution < 1.29 is 9.53 Å². The molecule has 2 nitrogen and oxygen atoms in total. The van der Waals surface area contributed by atoms with Crippen LogP contribution in [0.5, 0.6) is 5.75 Å². The molecule has 1 aromatic rings. The van der Waals surface area contributed by atoms with Crippen molar-refractivity contribution in [1.29, 1.82) is 0 Å².